The zero-order valence-corrected chi connectivity index (χ0v) is 79.1. The number of thiocarbonyl (C=S) groups is 1. The summed E-state index contributed by atoms with van der Waals surface area (Å²) in [5.41, 5.74) is 8.16. The summed E-state index contributed by atoms with van der Waals surface area (Å²) in [5, 5.41) is 17.7. The van der Waals surface area contributed by atoms with Crippen molar-refractivity contribution in [1.82, 2.24) is 44.9 Å². The van der Waals surface area contributed by atoms with Crippen LogP contribution in [0.1, 0.15) is 53.0 Å². The van der Waals surface area contributed by atoms with Crippen LogP contribution in [0, 0.1) is 83.1 Å². The SMILES string of the molecule is Cc1nc2c(Br)cc(Br)cc2c(=O)o1.Cc1nc2c(Cl)cc(Cl)cc2c(=O)o1.Cc1nc2c(I)cc(I)cc2c(=O)o1.Cc1nc2ccc(Br)cc2c(=O)o1.Cc1nc2ccc(Cl)cc2c(=O)o1.Cc1nc2ccc(I)cc2c(=O)o1.Cc1nc2ccc(N)cc2c(=O)o1.Cc1nc2ccc(N=C=S)cc2c(=O)o1.Cc1nc2ccc([N+](=O)[O-])cc2c(=O)o1. The van der Waals surface area contributed by atoms with Gasteiger partial charge in [0.2, 0.25) is 0 Å². The van der Waals surface area contributed by atoms with Crippen LogP contribution in [0.4, 0.5) is 17.1 Å². The number of aliphatic imine (C=N–C) groups is 1. The molecule has 0 unspecified atom stereocenters. The van der Waals surface area contributed by atoms with Gasteiger partial charge in [0.15, 0.2) is 53.0 Å². The second kappa shape index (κ2) is 42.4. The van der Waals surface area contributed by atoms with Gasteiger partial charge in [-0.2, -0.15) is 4.99 Å². The lowest BCUT2D eigenvalue weighted by atomic mass is 10.2. The number of nitro benzene ring substituents is 1. The molecule has 9 aromatic carbocycles. The Hall–Kier alpha value is -11.3. The number of nitrogens with two attached hydrogens (primary N) is 1. The van der Waals surface area contributed by atoms with Crippen LogP contribution in [0.3, 0.4) is 0 Å². The van der Waals surface area contributed by atoms with E-state index in [9.17, 15) is 53.3 Å². The molecule has 0 amide bonds. The van der Waals surface area contributed by atoms with Gasteiger partial charge in [-0.05, 0) is 229 Å². The molecule has 0 aliphatic heterocycles. The first-order valence-electron chi connectivity index (χ1n) is 34.9. The van der Waals surface area contributed by atoms with Crippen LogP contribution >= 0.6 is 163 Å². The predicted octanol–water partition coefficient (Wildman–Crippen LogP) is 19.8. The number of rotatable bonds is 2. The molecule has 9 aromatic heterocycles. The maximum Gasteiger partial charge on any atom is 0.347 e. The van der Waals surface area contributed by atoms with Crippen LogP contribution in [0.5, 0.6) is 0 Å². The zero-order valence-electron chi connectivity index (χ0n) is 64.8. The summed E-state index contributed by atoms with van der Waals surface area (Å²) in [6.45, 7) is 14.7. The molecule has 0 fully saturated rings. The number of aromatic nitrogens is 9. The normalized spacial score (nSPS) is 10.6. The van der Waals surface area contributed by atoms with Crippen LogP contribution < -0.4 is 56.4 Å². The minimum absolute atomic E-state index is 0.120. The van der Waals surface area contributed by atoms with E-state index in [1.807, 2.05) is 30.3 Å². The predicted molar refractivity (Wildman–Crippen MR) is 507 cm³/mol. The third-order valence-electron chi connectivity index (χ3n) is 15.9. The van der Waals surface area contributed by atoms with Crippen molar-refractivity contribution in [1.29, 1.82) is 0 Å². The van der Waals surface area contributed by atoms with Gasteiger partial charge in [0.25, 0.3) is 5.69 Å². The van der Waals surface area contributed by atoms with E-state index in [2.05, 4.69) is 183 Å². The molecule has 124 heavy (non-hydrogen) atoms. The Balaban J connectivity index is 0.000000146. The molecule has 32 nitrogen and oxygen atoms in total. The molecule has 0 atom stereocenters. The number of benzene rings is 9. The quantitative estimate of drug-likeness (QED) is 0.0419. The van der Waals surface area contributed by atoms with Gasteiger partial charge in [0, 0.05) is 114 Å². The molecule has 0 aliphatic rings. The number of nitrogens with zero attached hydrogens (tertiary/aromatic N) is 11. The van der Waals surface area contributed by atoms with Crippen molar-refractivity contribution in [2.45, 2.75) is 62.3 Å². The van der Waals surface area contributed by atoms with Gasteiger partial charge in [-0.1, -0.05) is 66.7 Å². The van der Waals surface area contributed by atoms with Crippen LogP contribution in [-0.2, 0) is 0 Å². The molecule has 2 N–H and O–H groups in total. The lowest BCUT2D eigenvalue weighted by Gasteiger charge is -2.00. The molecule has 0 radical (unpaired) electrons. The summed E-state index contributed by atoms with van der Waals surface area (Å²) in [5.74, 6) is 3.15. The van der Waals surface area contributed by atoms with Crippen LogP contribution in [-0.4, -0.2) is 54.9 Å². The topological polar surface area (TPSA) is 469 Å². The Morgan fingerprint density at radius 1 is 0.363 bits per heavy atom. The number of nitro groups is 1. The maximum absolute atomic E-state index is 11.5. The van der Waals surface area contributed by atoms with Crippen molar-refractivity contribution in [3.05, 3.63) is 342 Å². The lowest BCUT2D eigenvalue weighted by Crippen LogP contribution is -2.04. The molecule has 18 aromatic rings. The molecule has 0 spiro atoms. The van der Waals surface area contributed by atoms with E-state index < -0.39 is 33.1 Å². The van der Waals surface area contributed by atoms with Gasteiger partial charge in [-0.25, -0.2) is 88.0 Å². The van der Waals surface area contributed by atoms with E-state index in [4.69, 9.17) is 80.3 Å². The van der Waals surface area contributed by atoms with Gasteiger partial charge < -0.3 is 45.5 Å². The second-order valence-corrected chi connectivity index (χ2v) is 33.0. The van der Waals surface area contributed by atoms with E-state index >= 15 is 0 Å². The number of hydrogen-bond donors (Lipinski definition) is 1. The molecule has 0 saturated heterocycles. The molecule has 18 rings (SSSR count). The van der Waals surface area contributed by atoms with Gasteiger partial charge in [0.05, 0.1) is 119 Å². The molecular formula is C82H53Br3Cl3I3N12O20S. The maximum atomic E-state index is 11.5. The monoisotopic (exact) mass is 2280 g/mol. The Kier molecular flexibility index (Phi) is 32.5. The lowest BCUT2D eigenvalue weighted by molar-refractivity contribution is -0.384. The number of aryl methyl sites for hydroxylation is 9. The number of fused-ring (bicyclic) bond motifs is 9. The Bertz CT molecular complexity index is 7200. The smallest absolute Gasteiger partial charge is 0.347 e. The third kappa shape index (κ3) is 25.3. The highest BCUT2D eigenvalue weighted by Gasteiger charge is 2.15. The molecule has 0 bridgehead atoms. The van der Waals surface area contributed by atoms with Crippen LogP contribution in [0.2, 0.25) is 15.1 Å². The molecule has 630 valence electrons. The van der Waals surface area contributed by atoms with E-state index in [1.54, 1.807) is 147 Å². The molecule has 42 heteroatoms. The summed E-state index contributed by atoms with van der Waals surface area (Å²) >= 11 is 38.2. The van der Waals surface area contributed by atoms with Gasteiger partial charge >= 0.3 is 50.6 Å². The van der Waals surface area contributed by atoms with Gasteiger partial charge in [0.1, 0.15) is 0 Å². The van der Waals surface area contributed by atoms with Gasteiger partial charge in [-0.15, -0.1) is 0 Å². The molecular weight excluding hydrogens is 2230 g/mol. The summed E-state index contributed by atoms with van der Waals surface area (Å²) in [4.78, 5) is 153. The highest BCUT2D eigenvalue weighted by atomic mass is 127. The summed E-state index contributed by atoms with van der Waals surface area (Å²) in [6, 6.07) is 39.9. The van der Waals surface area contributed by atoms with E-state index in [0.717, 1.165) is 35.7 Å². The van der Waals surface area contributed by atoms with Crippen molar-refractivity contribution >= 4 is 283 Å². The van der Waals surface area contributed by atoms with E-state index in [1.165, 1.54) is 24.3 Å². The number of anilines is 1. The number of hydrogen-bond acceptors (Lipinski definition) is 32. The summed E-state index contributed by atoms with van der Waals surface area (Å²) in [6.07, 6.45) is 0. The summed E-state index contributed by atoms with van der Waals surface area (Å²) in [7, 11) is 0. The van der Waals surface area contributed by atoms with Crippen molar-refractivity contribution in [2.75, 3.05) is 5.73 Å². The first-order valence-corrected chi connectivity index (χ1v) is 42.1. The zero-order chi connectivity index (χ0) is 90.4. The fraction of sp³-hybridized carbons (Fsp3) is 0.110. The Morgan fingerprint density at radius 3 is 1.18 bits per heavy atom. The largest absolute Gasteiger partial charge is 0.408 e. The first-order chi connectivity index (χ1) is 58.7. The second-order valence-electron chi connectivity index (χ2n) is 25.2. The highest BCUT2D eigenvalue weighted by Crippen LogP contribution is 2.28. The van der Waals surface area contributed by atoms with Gasteiger partial charge in [-0.3, -0.25) is 10.1 Å². The fourth-order valence-corrected chi connectivity index (χ4v) is 15.8. The van der Waals surface area contributed by atoms with Crippen molar-refractivity contribution in [2.24, 2.45) is 4.99 Å². The minimum atomic E-state index is -0.610. The fourth-order valence-electron chi connectivity index (χ4n) is 10.8. The molecule has 9 heterocycles. The number of halogens is 9. The van der Waals surface area contributed by atoms with Crippen molar-refractivity contribution in [3.8, 4) is 0 Å². The van der Waals surface area contributed by atoms with E-state index in [0.29, 0.717) is 155 Å². The summed E-state index contributed by atoms with van der Waals surface area (Å²) < 4.78 is 49.0. The Labute approximate surface area is 779 Å². The first kappa shape index (κ1) is 95.0. The van der Waals surface area contributed by atoms with Crippen LogP contribution in [0.25, 0.3) is 98.1 Å². The van der Waals surface area contributed by atoms with E-state index in [-0.39, 0.29) is 45.4 Å². The minimum Gasteiger partial charge on any atom is -0.408 e. The number of non-ortho nitro benzene ring substituents is 1. The number of nitrogen functional groups attached to an aromatic ring is 1. The average molecular weight is 2290 g/mol. The molecule has 0 saturated carbocycles. The average Bonchev–Trinajstić information content (AvgIpc) is 0.793. The van der Waals surface area contributed by atoms with Crippen molar-refractivity contribution < 1.29 is 44.7 Å². The Morgan fingerprint density at radius 2 is 0.702 bits per heavy atom. The highest BCUT2D eigenvalue weighted by molar-refractivity contribution is 14.1. The molecule has 0 aliphatic carbocycles. The van der Waals surface area contributed by atoms with Crippen molar-refractivity contribution in [3.63, 3.8) is 0 Å². The third-order valence-corrected chi connectivity index (χ3v) is 20.4. The number of isothiocyanates is 1. The standard InChI is InChI=1S/C10H6N2O2S.C9H5Br2NO2.C9H6BrNO2.C9H5Cl2NO2.C9H6ClNO2.C9H5I2NO2.C9H6INO2.C9H6N2O4.C9H8N2O2/c1-6-12-9-3-2-7(11-5-15)4-8(9)10(13)14-6;1-4-12-8-6(9(13)14-4)2-5(10)3-7(8)11;1-5-11-8-3-2-6(10)4-7(8)9(12)13-5;1-4-12-8-6(9(13)14-4)2-5(10)3-7(8)11;1-5-11-8-3-2-6(10)4-7(8)9(12)13-5;1-4-12-8-6(9(13)14-4)2-5(10)3-7(8)11;1-5-11-8-3-2-6(10)4-7(8)9(12)13-5;1-5-10-8-3-2-6(11(13)14)4-7(8)9(12)15-5;1-5-11-8-3-2-6(10)4-7(8)9(12)13-5/h2-4H,1H3;2-3H,1H3;2-4H,1H3;2-3H,1H3;2-4H,1H3;2-3H,1H3;2-4H,1H3;2-4H,1H3;2-4H,10H2,1H3. The van der Waals surface area contributed by atoms with Crippen LogP contribution in [0.15, 0.2) is 247 Å².